The van der Waals surface area contributed by atoms with Gasteiger partial charge in [-0.1, -0.05) is 6.92 Å². The molecule has 0 spiro atoms. The highest BCUT2D eigenvalue weighted by Gasteiger charge is 1.91. The van der Waals surface area contributed by atoms with Crippen LogP contribution in [-0.2, 0) is 4.74 Å². The first kappa shape index (κ1) is 12.6. The van der Waals surface area contributed by atoms with Gasteiger partial charge in [-0.2, -0.15) is 0 Å². The predicted molar refractivity (Wildman–Crippen MR) is 44.1 cm³/mol. The van der Waals surface area contributed by atoms with Gasteiger partial charge in [-0.3, -0.25) is 0 Å². The molecule has 0 aliphatic heterocycles. The van der Waals surface area contributed by atoms with Gasteiger partial charge in [-0.25, -0.2) is 0 Å². The fourth-order valence-corrected chi connectivity index (χ4v) is 0.402. The number of aliphatic hydroxyl groups excluding tert-OH is 1. The smallest absolute Gasteiger partial charge is 0.0544 e. The van der Waals surface area contributed by atoms with Crippen molar-refractivity contribution in [2.45, 2.75) is 40.2 Å². The second-order valence-corrected chi connectivity index (χ2v) is 1.99. The maximum atomic E-state index is 7.57. The van der Waals surface area contributed by atoms with E-state index in [0.717, 1.165) is 13.0 Å². The van der Waals surface area contributed by atoms with Crippen LogP contribution in [0.2, 0.25) is 0 Å². The minimum absolute atomic E-state index is 0.250. The van der Waals surface area contributed by atoms with E-state index < -0.39 is 0 Å². The standard InChI is InChI=1S/C6H14O.C2H6O/c1-4-6(3)7-5-2;1-2-3/h6H,4-5H2,1-3H3;3H,2H2,1H3. The van der Waals surface area contributed by atoms with Crippen LogP contribution in [0.15, 0.2) is 0 Å². The van der Waals surface area contributed by atoms with Crippen molar-refractivity contribution < 1.29 is 9.84 Å². The monoisotopic (exact) mass is 148 g/mol. The van der Waals surface area contributed by atoms with Gasteiger partial charge in [0, 0.05) is 13.2 Å². The van der Waals surface area contributed by atoms with Gasteiger partial charge in [0.2, 0.25) is 0 Å². The Hall–Kier alpha value is -0.0800. The topological polar surface area (TPSA) is 29.5 Å². The van der Waals surface area contributed by atoms with Crippen molar-refractivity contribution in [2.75, 3.05) is 13.2 Å². The molecule has 10 heavy (non-hydrogen) atoms. The molecule has 0 aliphatic carbocycles. The van der Waals surface area contributed by atoms with Gasteiger partial charge in [0.1, 0.15) is 0 Å². The lowest BCUT2D eigenvalue weighted by Crippen LogP contribution is -2.04. The van der Waals surface area contributed by atoms with E-state index in [0.29, 0.717) is 6.10 Å². The van der Waals surface area contributed by atoms with E-state index in [2.05, 4.69) is 13.8 Å². The van der Waals surface area contributed by atoms with Crippen LogP contribution >= 0.6 is 0 Å². The van der Waals surface area contributed by atoms with Crippen LogP contribution in [0.4, 0.5) is 0 Å². The Morgan fingerprint density at radius 3 is 1.80 bits per heavy atom. The van der Waals surface area contributed by atoms with E-state index in [9.17, 15) is 0 Å². The fourth-order valence-electron chi connectivity index (χ4n) is 0.402. The normalized spacial score (nSPS) is 11.7. The Kier molecular flexibility index (Phi) is 14.7. The zero-order valence-electron chi connectivity index (χ0n) is 7.55. The third kappa shape index (κ3) is 15.7. The summed E-state index contributed by atoms with van der Waals surface area (Å²) in [7, 11) is 0. The molecule has 0 fully saturated rings. The molecule has 0 radical (unpaired) electrons. The third-order valence-electron chi connectivity index (χ3n) is 1.03. The summed E-state index contributed by atoms with van der Waals surface area (Å²) in [6, 6.07) is 0. The zero-order valence-corrected chi connectivity index (χ0v) is 7.55. The molecule has 1 atom stereocenters. The summed E-state index contributed by atoms with van der Waals surface area (Å²) in [6.45, 7) is 9.00. The van der Waals surface area contributed by atoms with Crippen LogP contribution in [0.25, 0.3) is 0 Å². The van der Waals surface area contributed by atoms with Gasteiger partial charge in [0.15, 0.2) is 0 Å². The maximum absolute atomic E-state index is 7.57. The van der Waals surface area contributed by atoms with Gasteiger partial charge in [-0.15, -0.1) is 0 Å². The summed E-state index contributed by atoms with van der Waals surface area (Å²) in [5, 5.41) is 7.57. The molecule has 0 saturated carbocycles. The molecule has 0 saturated heterocycles. The quantitative estimate of drug-likeness (QED) is 0.661. The summed E-state index contributed by atoms with van der Waals surface area (Å²) < 4.78 is 5.19. The van der Waals surface area contributed by atoms with Gasteiger partial charge >= 0.3 is 0 Å². The van der Waals surface area contributed by atoms with Crippen LogP contribution in [0.1, 0.15) is 34.1 Å². The van der Waals surface area contributed by atoms with Crippen molar-refractivity contribution in [1.29, 1.82) is 0 Å². The van der Waals surface area contributed by atoms with Crippen LogP contribution < -0.4 is 0 Å². The molecule has 0 heterocycles. The van der Waals surface area contributed by atoms with E-state index in [1.54, 1.807) is 6.92 Å². The molecule has 2 nitrogen and oxygen atoms in total. The van der Waals surface area contributed by atoms with E-state index in [1.165, 1.54) is 0 Å². The molecular weight excluding hydrogens is 128 g/mol. The van der Waals surface area contributed by atoms with Crippen molar-refractivity contribution in [3.8, 4) is 0 Å². The molecule has 0 amide bonds. The Bertz CT molecular complexity index is 46.5. The van der Waals surface area contributed by atoms with E-state index in [4.69, 9.17) is 9.84 Å². The Labute approximate surface area is 64.2 Å². The second-order valence-electron chi connectivity index (χ2n) is 1.99. The third-order valence-corrected chi connectivity index (χ3v) is 1.03. The van der Waals surface area contributed by atoms with Gasteiger partial charge < -0.3 is 9.84 Å². The Balaban J connectivity index is 0. The number of aliphatic hydroxyl groups is 1. The van der Waals surface area contributed by atoms with Gasteiger partial charge in [0.25, 0.3) is 0 Å². The van der Waals surface area contributed by atoms with Gasteiger partial charge in [-0.05, 0) is 27.2 Å². The lowest BCUT2D eigenvalue weighted by molar-refractivity contribution is 0.0739. The van der Waals surface area contributed by atoms with E-state index >= 15 is 0 Å². The number of ether oxygens (including phenoxy) is 1. The molecule has 0 rings (SSSR count). The SMILES string of the molecule is CCO.CCOC(C)CC. The molecule has 64 valence electrons. The fraction of sp³-hybridized carbons (Fsp3) is 1.00. The lowest BCUT2D eigenvalue weighted by atomic mass is 10.3. The molecule has 1 unspecified atom stereocenters. The van der Waals surface area contributed by atoms with Crippen LogP contribution in [0, 0.1) is 0 Å². The summed E-state index contributed by atoms with van der Waals surface area (Å²) in [5.74, 6) is 0. The Morgan fingerprint density at radius 2 is 1.70 bits per heavy atom. The minimum atomic E-state index is 0.250. The van der Waals surface area contributed by atoms with E-state index in [1.807, 2.05) is 6.92 Å². The molecule has 0 aliphatic rings. The van der Waals surface area contributed by atoms with Crippen LogP contribution in [0.5, 0.6) is 0 Å². The van der Waals surface area contributed by atoms with Crippen molar-refractivity contribution in [3.05, 3.63) is 0 Å². The average molecular weight is 148 g/mol. The van der Waals surface area contributed by atoms with Crippen molar-refractivity contribution >= 4 is 0 Å². The first-order valence-corrected chi connectivity index (χ1v) is 3.95. The first-order valence-electron chi connectivity index (χ1n) is 3.95. The lowest BCUT2D eigenvalue weighted by Gasteiger charge is -2.05. The summed E-state index contributed by atoms with van der Waals surface area (Å²) in [4.78, 5) is 0. The Morgan fingerprint density at radius 1 is 1.30 bits per heavy atom. The molecular formula is C8H20O2. The second kappa shape index (κ2) is 11.7. The number of hydrogen-bond donors (Lipinski definition) is 1. The molecule has 2 heteroatoms. The first-order chi connectivity index (χ1) is 4.72. The van der Waals surface area contributed by atoms with Crippen LogP contribution in [-0.4, -0.2) is 24.4 Å². The highest BCUT2D eigenvalue weighted by atomic mass is 16.5. The molecule has 0 bridgehead atoms. The van der Waals surface area contributed by atoms with Gasteiger partial charge in [0.05, 0.1) is 6.10 Å². The minimum Gasteiger partial charge on any atom is -0.397 e. The zero-order chi connectivity index (χ0) is 8.41. The highest BCUT2D eigenvalue weighted by Crippen LogP contribution is 1.92. The predicted octanol–water partition coefficient (Wildman–Crippen LogP) is 1.82. The average Bonchev–Trinajstić information content (AvgIpc) is 1.90. The van der Waals surface area contributed by atoms with Crippen molar-refractivity contribution in [1.82, 2.24) is 0 Å². The van der Waals surface area contributed by atoms with Crippen LogP contribution in [0.3, 0.4) is 0 Å². The molecule has 0 aromatic carbocycles. The summed E-state index contributed by atoms with van der Waals surface area (Å²) >= 11 is 0. The number of rotatable bonds is 3. The summed E-state index contributed by atoms with van der Waals surface area (Å²) in [6.07, 6.45) is 1.57. The van der Waals surface area contributed by atoms with Crippen molar-refractivity contribution in [2.24, 2.45) is 0 Å². The van der Waals surface area contributed by atoms with Crippen molar-refractivity contribution in [3.63, 3.8) is 0 Å². The van der Waals surface area contributed by atoms with E-state index in [-0.39, 0.29) is 6.61 Å². The molecule has 0 aromatic rings. The molecule has 0 aromatic heterocycles. The highest BCUT2D eigenvalue weighted by molar-refractivity contribution is 4.40. The summed E-state index contributed by atoms with van der Waals surface area (Å²) in [5.41, 5.74) is 0. The maximum Gasteiger partial charge on any atom is 0.0544 e. The molecule has 1 N–H and O–H groups in total. The largest absolute Gasteiger partial charge is 0.397 e. The number of hydrogen-bond acceptors (Lipinski definition) is 2.